The summed E-state index contributed by atoms with van der Waals surface area (Å²) in [6, 6.07) is 1.86. The van der Waals surface area contributed by atoms with Crippen LogP contribution in [0.5, 0.6) is 0 Å². The van der Waals surface area contributed by atoms with Crippen molar-refractivity contribution in [2.75, 3.05) is 0 Å². The van der Waals surface area contributed by atoms with Gasteiger partial charge in [0.15, 0.2) is 5.69 Å². The molecule has 0 amide bonds. The minimum Gasteiger partial charge on any atom is -0.476 e. The molecule has 0 aliphatic rings. The zero-order valence-electron chi connectivity index (χ0n) is 9.01. The van der Waals surface area contributed by atoms with Crippen LogP contribution in [0.15, 0.2) is 18.5 Å². The van der Waals surface area contributed by atoms with Gasteiger partial charge in [0.1, 0.15) is 5.69 Å². The Hall–Kier alpha value is -2.11. The number of aromatic nitrogens is 4. The highest BCUT2D eigenvalue weighted by atomic mass is 16.4. The van der Waals surface area contributed by atoms with Crippen LogP contribution in [0, 0.1) is 0 Å². The Morgan fingerprint density at radius 2 is 2.31 bits per heavy atom. The van der Waals surface area contributed by atoms with E-state index in [-0.39, 0.29) is 11.7 Å². The SMILES string of the molecule is CC(C)n1nnc(C(=O)O)c1-c1cc[nH]c1. The average Bonchev–Trinajstić information content (AvgIpc) is 2.85. The van der Waals surface area contributed by atoms with Crippen molar-refractivity contribution in [1.29, 1.82) is 0 Å². The fourth-order valence-electron chi connectivity index (χ4n) is 1.54. The summed E-state index contributed by atoms with van der Waals surface area (Å²) in [7, 11) is 0. The van der Waals surface area contributed by atoms with Crippen molar-refractivity contribution in [2.45, 2.75) is 19.9 Å². The Bertz CT molecular complexity index is 499. The first kappa shape index (κ1) is 10.4. The van der Waals surface area contributed by atoms with Crippen molar-refractivity contribution in [1.82, 2.24) is 20.0 Å². The molecule has 2 heterocycles. The van der Waals surface area contributed by atoms with E-state index in [2.05, 4.69) is 15.3 Å². The van der Waals surface area contributed by atoms with E-state index in [1.54, 1.807) is 23.1 Å². The lowest BCUT2D eigenvalue weighted by atomic mass is 10.2. The Morgan fingerprint density at radius 1 is 1.56 bits per heavy atom. The van der Waals surface area contributed by atoms with Gasteiger partial charge in [-0.1, -0.05) is 5.21 Å². The molecule has 6 nitrogen and oxygen atoms in total. The summed E-state index contributed by atoms with van der Waals surface area (Å²) in [4.78, 5) is 13.9. The van der Waals surface area contributed by atoms with E-state index in [0.29, 0.717) is 5.69 Å². The van der Waals surface area contributed by atoms with Crippen LogP contribution in [0.25, 0.3) is 11.3 Å². The third-order valence-electron chi connectivity index (χ3n) is 2.26. The lowest BCUT2D eigenvalue weighted by Gasteiger charge is -2.08. The van der Waals surface area contributed by atoms with Gasteiger partial charge in [-0.2, -0.15) is 0 Å². The number of nitrogens with zero attached hydrogens (tertiary/aromatic N) is 3. The normalized spacial score (nSPS) is 10.9. The van der Waals surface area contributed by atoms with E-state index in [1.807, 2.05) is 13.8 Å². The van der Waals surface area contributed by atoms with Gasteiger partial charge in [-0.3, -0.25) is 0 Å². The molecule has 0 aliphatic carbocycles. The van der Waals surface area contributed by atoms with Crippen LogP contribution in [0.1, 0.15) is 30.4 Å². The maximum Gasteiger partial charge on any atom is 0.358 e. The number of H-pyrrole nitrogens is 1. The monoisotopic (exact) mass is 220 g/mol. The molecule has 0 unspecified atom stereocenters. The van der Waals surface area contributed by atoms with Crippen molar-refractivity contribution in [2.24, 2.45) is 0 Å². The highest BCUT2D eigenvalue weighted by Crippen LogP contribution is 2.24. The van der Waals surface area contributed by atoms with Gasteiger partial charge in [0.2, 0.25) is 0 Å². The van der Waals surface area contributed by atoms with Gasteiger partial charge in [-0.15, -0.1) is 5.10 Å². The Balaban J connectivity index is 2.63. The van der Waals surface area contributed by atoms with Crippen LogP contribution < -0.4 is 0 Å². The zero-order chi connectivity index (χ0) is 11.7. The van der Waals surface area contributed by atoms with Crippen molar-refractivity contribution in [3.63, 3.8) is 0 Å². The van der Waals surface area contributed by atoms with E-state index in [4.69, 9.17) is 5.11 Å². The average molecular weight is 220 g/mol. The molecule has 0 spiro atoms. The smallest absolute Gasteiger partial charge is 0.358 e. The number of carbonyl (C=O) groups is 1. The standard InChI is InChI=1S/C10H12N4O2/c1-6(2)14-9(7-3-4-11-5-7)8(10(15)16)12-13-14/h3-6,11H,1-2H3,(H,15,16). The number of carboxylic acids is 1. The molecule has 0 saturated heterocycles. The van der Waals surface area contributed by atoms with Crippen LogP contribution in [0.3, 0.4) is 0 Å². The molecule has 2 aromatic rings. The number of aromatic amines is 1. The largest absolute Gasteiger partial charge is 0.476 e. The van der Waals surface area contributed by atoms with Crippen LogP contribution in [-0.4, -0.2) is 31.1 Å². The third kappa shape index (κ3) is 1.58. The molecule has 84 valence electrons. The highest BCUT2D eigenvalue weighted by Gasteiger charge is 2.21. The van der Waals surface area contributed by atoms with Crippen molar-refractivity contribution >= 4 is 5.97 Å². The molecular formula is C10H12N4O2. The van der Waals surface area contributed by atoms with E-state index < -0.39 is 5.97 Å². The van der Waals surface area contributed by atoms with Crippen LogP contribution >= 0.6 is 0 Å². The number of carboxylic acid groups (broad SMARTS) is 1. The molecule has 0 fully saturated rings. The Labute approximate surface area is 91.9 Å². The summed E-state index contributed by atoms with van der Waals surface area (Å²) in [5.41, 5.74) is 1.29. The molecule has 0 aliphatic heterocycles. The second kappa shape index (κ2) is 3.80. The molecule has 0 aromatic carbocycles. The lowest BCUT2D eigenvalue weighted by molar-refractivity contribution is 0.0691. The van der Waals surface area contributed by atoms with Gasteiger partial charge in [0.25, 0.3) is 0 Å². The predicted octanol–water partition coefficient (Wildman–Crippen LogP) is 1.55. The van der Waals surface area contributed by atoms with Crippen LogP contribution in [-0.2, 0) is 0 Å². The number of hydrogen-bond donors (Lipinski definition) is 2. The molecule has 16 heavy (non-hydrogen) atoms. The van der Waals surface area contributed by atoms with Crippen molar-refractivity contribution in [3.8, 4) is 11.3 Å². The summed E-state index contributed by atoms with van der Waals surface area (Å²) >= 11 is 0. The fraction of sp³-hybridized carbons (Fsp3) is 0.300. The quantitative estimate of drug-likeness (QED) is 0.822. The Kier molecular flexibility index (Phi) is 2.47. The first-order valence-corrected chi connectivity index (χ1v) is 4.93. The minimum absolute atomic E-state index is 0.0201. The van der Waals surface area contributed by atoms with E-state index in [9.17, 15) is 4.79 Å². The molecule has 0 saturated carbocycles. The minimum atomic E-state index is -1.07. The third-order valence-corrected chi connectivity index (χ3v) is 2.26. The van der Waals surface area contributed by atoms with E-state index in [1.165, 1.54) is 0 Å². The molecule has 0 bridgehead atoms. The summed E-state index contributed by atoms with van der Waals surface area (Å²) in [5, 5.41) is 16.6. The summed E-state index contributed by atoms with van der Waals surface area (Å²) in [5.74, 6) is -1.07. The highest BCUT2D eigenvalue weighted by molar-refractivity contribution is 5.92. The summed E-state index contributed by atoms with van der Waals surface area (Å²) in [6.07, 6.45) is 3.46. The number of rotatable bonds is 3. The van der Waals surface area contributed by atoms with Gasteiger partial charge in [0, 0.05) is 24.0 Å². The maximum atomic E-state index is 11.0. The number of nitrogens with one attached hydrogen (secondary N) is 1. The van der Waals surface area contributed by atoms with Gasteiger partial charge in [-0.25, -0.2) is 9.48 Å². The van der Waals surface area contributed by atoms with Gasteiger partial charge in [-0.05, 0) is 19.9 Å². The topological polar surface area (TPSA) is 83.8 Å². The number of hydrogen-bond acceptors (Lipinski definition) is 3. The van der Waals surface area contributed by atoms with Crippen LogP contribution in [0.4, 0.5) is 0 Å². The molecule has 0 radical (unpaired) electrons. The van der Waals surface area contributed by atoms with Gasteiger partial charge in [0.05, 0.1) is 0 Å². The van der Waals surface area contributed by atoms with E-state index >= 15 is 0 Å². The first-order chi connectivity index (χ1) is 7.61. The number of aromatic carboxylic acids is 1. The second-order valence-corrected chi connectivity index (χ2v) is 3.73. The van der Waals surface area contributed by atoms with Crippen molar-refractivity contribution < 1.29 is 9.90 Å². The fourth-order valence-corrected chi connectivity index (χ4v) is 1.54. The van der Waals surface area contributed by atoms with Gasteiger partial charge < -0.3 is 10.1 Å². The molecule has 2 aromatic heterocycles. The summed E-state index contributed by atoms with van der Waals surface area (Å²) < 4.78 is 1.60. The first-order valence-electron chi connectivity index (χ1n) is 4.93. The molecular weight excluding hydrogens is 208 g/mol. The van der Waals surface area contributed by atoms with Gasteiger partial charge >= 0.3 is 5.97 Å². The van der Waals surface area contributed by atoms with Crippen molar-refractivity contribution in [3.05, 3.63) is 24.2 Å². The lowest BCUT2D eigenvalue weighted by Crippen LogP contribution is -2.06. The Morgan fingerprint density at radius 3 is 2.81 bits per heavy atom. The van der Waals surface area contributed by atoms with E-state index in [0.717, 1.165) is 5.56 Å². The molecule has 6 heteroatoms. The predicted molar refractivity (Wildman–Crippen MR) is 57.2 cm³/mol. The summed E-state index contributed by atoms with van der Waals surface area (Å²) in [6.45, 7) is 3.85. The van der Waals surface area contributed by atoms with Crippen LogP contribution in [0.2, 0.25) is 0 Å². The molecule has 2 rings (SSSR count). The zero-order valence-corrected chi connectivity index (χ0v) is 9.01. The molecule has 2 N–H and O–H groups in total. The second-order valence-electron chi connectivity index (χ2n) is 3.73. The maximum absolute atomic E-state index is 11.0. The molecule has 0 atom stereocenters.